The molecule has 1 aromatic rings. The van der Waals surface area contributed by atoms with Gasteiger partial charge in [-0.1, -0.05) is 12.1 Å². The van der Waals surface area contributed by atoms with Crippen LogP contribution in [0.15, 0.2) is 12.1 Å². The van der Waals surface area contributed by atoms with Crippen LogP contribution in [0.4, 0.5) is 0 Å². The third-order valence-corrected chi connectivity index (χ3v) is 2.49. The summed E-state index contributed by atoms with van der Waals surface area (Å²) in [7, 11) is -2.39. The van der Waals surface area contributed by atoms with E-state index in [9.17, 15) is 13.5 Å². The van der Waals surface area contributed by atoms with Gasteiger partial charge >= 0.3 is 0 Å². The molecule has 0 amide bonds. The molecule has 0 saturated heterocycles. The fraction of sp³-hybridized carbons (Fsp3) is 0.333. The highest BCUT2D eigenvalue weighted by Gasteiger charge is 2.03. The summed E-state index contributed by atoms with van der Waals surface area (Å²) in [4.78, 5) is 0. The lowest BCUT2D eigenvalue weighted by molar-refractivity contribution is 0.466. The summed E-state index contributed by atoms with van der Waals surface area (Å²) in [6, 6.07) is 3.38. The van der Waals surface area contributed by atoms with E-state index in [1.165, 1.54) is 0 Å². The summed E-state index contributed by atoms with van der Waals surface area (Å²) < 4.78 is 20.9. The van der Waals surface area contributed by atoms with E-state index in [0.29, 0.717) is 11.1 Å². The van der Waals surface area contributed by atoms with Crippen LogP contribution in [0.2, 0.25) is 0 Å². The molecule has 0 spiro atoms. The molecule has 1 rings (SSSR count). The predicted octanol–water partition coefficient (Wildman–Crippen LogP) is 1.12. The molecule has 0 radical (unpaired) electrons. The van der Waals surface area contributed by atoms with Gasteiger partial charge in [0.25, 0.3) is 0 Å². The van der Waals surface area contributed by atoms with Crippen molar-refractivity contribution in [1.29, 1.82) is 0 Å². The van der Waals surface area contributed by atoms with Crippen LogP contribution in [0.3, 0.4) is 0 Å². The number of thiol groups is 1. The quantitative estimate of drug-likeness (QED) is 0.703. The second-order valence-corrected chi connectivity index (χ2v) is 4.05. The van der Waals surface area contributed by atoms with Crippen LogP contribution in [0.1, 0.15) is 16.7 Å². The van der Waals surface area contributed by atoms with E-state index in [0.717, 1.165) is 5.56 Å². The molecule has 13 heavy (non-hydrogen) atoms. The van der Waals surface area contributed by atoms with Crippen molar-refractivity contribution in [1.82, 2.24) is 0 Å². The molecule has 0 saturated carbocycles. The van der Waals surface area contributed by atoms with Gasteiger partial charge in [-0.05, 0) is 30.5 Å². The Morgan fingerprint density at radius 3 is 2.08 bits per heavy atom. The lowest BCUT2D eigenvalue weighted by atomic mass is 10.1. The first-order valence-corrected chi connectivity index (χ1v) is 5.28. The largest absolute Gasteiger partial charge is 0.507 e. The predicted molar refractivity (Wildman–Crippen MR) is 51.6 cm³/mol. The van der Waals surface area contributed by atoms with Crippen molar-refractivity contribution in [3.63, 3.8) is 0 Å². The Hall–Kier alpha value is -1.03. The Labute approximate surface area is 79.0 Å². The molecule has 0 unspecified atom stereocenters. The van der Waals surface area contributed by atoms with Crippen LogP contribution in [-0.4, -0.2) is 13.5 Å². The van der Waals surface area contributed by atoms with Crippen LogP contribution < -0.4 is 0 Å². The van der Waals surface area contributed by atoms with Crippen molar-refractivity contribution in [2.75, 3.05) is 0 Å². The minimum atomic E-state index is -2.39. The standard InChI is InChI=1S/C9H12O3S/c1-6-3-8(5-13(11)12)4-7(2)9(6)10/h3-4,10,13H,5H2,1-2H3. The summed E-state index contributed by atoms with van der Waals surface area (Å²) in [5.74, 6) is 0.280. The first-order valence-electron chi connectivity index (χ1n) is 3.91. The first kappa shape index (κ1) is 10.1. The molecular formula is C9H12O3S. The lowest BCUT2D eigenvalue weighted by Gasteiger charge is -2.04. The van der Waals surface area contributed by atoms with Crippen molar-refractivity contribution < 1.29 is 13.5 Å². The van der Waals surface area contributed by atoms with Crippen molar-refractivity contribution in [2.24, 2.45) is 0 Å². The van der Waals surface area contributed by atoms with Crippen molar-refractivity contribution in [3.8, 4) is 5.75 Å². The summed E-state index contributed by atoms with van der Waals surface area (Å²) in [6.07, 6.45) is 0. The van der Waals surface area contributed by atoms with E-state index >= 15 is 0 Å². The zero-order chi connectivity index (χ0) is 10.0. The van der Waals surface area contributed by atoms with Crippen LogP contribution in [0.25, 0.3) is 0 Å². The number of benzene rings is 1. The maximum absolute atomic E-state index is 10.5. The Morgan fingerprint density at radius 1 is 1.23 bits per heavy atom. The van der Waals surface area contributed by atoms with Gasteiger partial charge in [0.05, 0.1) is 5.75 Å². The van der Waals surface area contributed by atoms with E-state index in [1.807, 2.05) is 0 Å². The van der Waals surface area contributed by atoms with E-state index < -0.39 is 10.7 Å². The zero-order valence-electron chi connectivity index (χ0n) is 7.57. The Balaban J connectivity index is 3.13. The van der Waals surface area contributed by atoms with Gasteiger partial charge in [0, 0.05) is 0 Å². The van der Waals surface area contributed by atoms with E-state index in [1.54, 1.807) is 26.0 Å². The van der Waals surface area contributed by atoms with E-state index in [-0.39, 0.29) is 11.5 Å². The molecule has 3 nitrogen and oxygen atoms in total. The Kier molecular flexibility index (Phi) is 2.93. The van der Waals surface area contributed by atoms with Crippen LogP contribution in [0, 0.1) is 13.8 Å². The van der Waals surface area contributed by atoms with Gasteiger partial charge in [-0.2, -0.15) is 0 Å². The number of hydrogen-bond acceptors (Lipinski definition) is 3. The second kappa shape index (κ2) is 3.79. The summed E-state index contributed by atoms with van der Waals surface area (Å²) >= 11 is 0. The highest BCUT2D eigenvalue weighted by molar-refractivity contribution is 7.71. The van der Waals surface area contributed by atoms with E-state index in [2.05, 4.69) is 0 Å². The minimum Gasteiger partial charge on any atom is -0.507 e. The molecular weight excluding hydrogens is 188 g/mol. The minimum absolute atomic E-state index is 0.0390. The average Bonchev–Trinajstić information content (AvgIpc) is 1.98. The SMILES string of the molecule is Cc1cc(C[SH](=O)=O)cc(C)c1O. The highest BCUT2D eigenvalue weighted by Crippen LogP contribution is 2.22. The molecule has 0 fully saturated rings. The Bertz CT molecular complexity index is 363. The molecule has 0 heterocycles. The third kappa shape index (κ3) is 2.45. The van der Waals surface area contributed by atoms with Gasteiger partial charge in [-0.25, -0.2) is 8.42 Å². The maximum Gasteiger partial charge on any atom is 0.144 e. The molecule has 0 aliphatic heterocycles. The number of aromatic hydroxyl groups is 1. The number of phenolic OH excluding ortho intramolecular Hbond substituents is 1. The van der Waals surface area contributed by atoms with E-state index in [4.69, 9.17) is 0 Å². The summed E-state index contributed by atoms with van der Waals surface area (Å²) in [6.45, 7) is 3.51. The number of aryl methyl sites for hydroxylation is 2. The Morgan fingerprint density at radius 2 is 1.69 bits per heavy atom. The van der Waals surface area contributed by atoms with Gasteiger partial charge < -0.3 is 5.11 Å². The smallest absolute Gasteiger partial charge is 0.144 e. The number of rotatable bonds is 2. The molecule has 0 aliphatic rings. The third-order valence-electron chi connectivity index (χ3n) is 1.86. The number of phenols is 1. The van der Waals surface area contributed by atoms with Gasteiger partial charge in [0.15, 0.2) is 0 Å². The van der Waals surface area contributed by atoms with Crippen LogP contribution >= 0.6 is 0 Å². The highest BCUT2D eigenvalue weighted by atomic mass is 32.2. The van der Waals surface area contributed by atoms with Crippen molar-refractivity contribution >= 4 is 10.7 Å². The topological polar surface area (TPSA) is 54.4 Å². The maximum atomic E-state index is 10.5. The van der Waals surface area contributed by atoms with Crippen molar-refractivity contribution in [3.05, 3.63) is 28.8 Å². The summed E-state index contributed by atoms with van der Waals surface area (Å²) in [5, 5.41) is 9.41. The monoisotopic (exact) mass is 200 g/mol. The fourth-order valence-corrected chi connectivity index (χ4v) is 1.77. The first-order chi connectivity index (χ1) is 6.00. The zero-order valence-corrected chi connectivity index (χ0v) is 8.47. The molecule has 72 valence electrons. The molecule has 4 heteroatoms. The van der Waals surface area contributed by atoms with Crippen molar-refractivity contribution in [2.45, 2.75) is 19.6 Å². The molecule has 0 bridgehead atoms. The van der Waals surface area contributed by atoms with Gasteiger partial charge in [-0.15, -0.1) is 0 Å². The molecule has 0 aliphatic carbocycles. The fourth-order valence-electron chi connectivity index (χ4n) is 1.29. The van der Waals surface area contributed by atoms with Gasteiger partial charge in [0.2, 0.25) is 0 Å². The lowest BCUT2D eigenvalue weighted by Crippen LogP contribution is -1.90. The molecule has 0 atom stereocenters. The molecule has 1 N–H and O–H groups in total. The number of hydrogen-bond donors (Lipinski definition) is 2. The second-order valence-electron chi connectivity index (χ2n) is 3.07. The molecule has 1 aromatic carbocycles. The van der Waals surface area contributed by atoms with Gasteiger partial charge in [0.1, 0.15) is 16.5 Å². The average molecular weight is 200 g/mol. The molecule has 0 aromatic heterocycles. The van der Waals surface area contributed by atoms with Gasteiger partial charge in [-0.3, -0.25) is 0 Å². The van der Waals surface area contributed by atoms with Crippen LogP contribution in [0.5, 0.6) is 5.75 Å². The normalized spacial score (nSPS) is 10.7. The summed E-state index contributed by atoms with van der Waals surface area (Å²) in [5.41, 5.74) is 2.16. The van der Waals surface area contributed by atoms with Crippen LogP contribution in [-0.2, 0) is 16.5 Å².